The molecule has 110 valence electrons. The largest absolute Gasteiger partial charge is 0.459 e. The van der Waals surface area contributed by atoms with Crippen LogP contribution >= 0.6 is 0 Å². The first-order valence-corrected chi connectivity index (χ1v) is 6.33. The van der Waals surface area contributed by atoms with Gasteiger partial charge in [-0.1, -0.05) is 0 Å². The van der Waals surface area contributed by atoms with Crippen LogP contribution in [0.5, 0.6) is 0 Å². The Labute approximate surface area is 118 Å². The lowest BCUT2D eigenvalue weighted by molar-refractivity contribution is -0.147. The van der Waals surface area contributed by atoms with Crippen LogP contribution in [0, 0.1) is 0 Å². The number of hydrogen-bond acceptors (Lipinski definition) is 5. The van der Waals surface area contributed by atoms with Gasteiger partial charge in [-0.25, -0.2) is 9.59 Å². The number of pyridine rings is 1. The lowest BCUT2D eigenvalue weighted by atomic mass is 10.2. The third kappa shape index (κ3) is 6.17. The van der Waals surface area contributed by atoms with Gasteiger partial charge in [-0.2, -0.15) is 0 Å². The Morgan fingerprint density at radius 2 is 1.90 bits per heavy atom. The Bertz CT molecular complexity index is 454. The van der Waals surface area contributed by atoms with Crippen molar-refractivity contribution in [2.75, 3.05) is 0 Å². The highest BCUT2D eigenvalue weighted by Gasteiger charge is 2.21. The van der Waals surface area contributed by atoms with Crippen LogP contribution < -0.4 is 5.32 Å². The van der Waals surface area contributed by atoms with Gasteiger partial charge in [0.05, 0.1) is 0 Å². The molecule has 1 aromatic heterocycles. The smallest absolute Gasteiger partial charge is 0.408 e. The zero-order chi connectivity index (χ0) is 15.2. The second-order valence-electron chi connectivity index (χ2n) is 5.33. The van der Waals surface area contributed by atoms with Crippen LogP contribution in [0.1, 0.15) is 33.3 Å². The summed E-state index contributed by atoms with van der Waals surface area (Å²) in [5, 5.41) is 2.42. The molecule has 1 heterocycles. The predicted molar refractivity (Wildman–Crippen MR) is 72.9 cm³/mol. The summed E-state index contributed by atoms with van der Waals surface area (Å²) in [6.45, 7) is 6.93. The van der Waals surface area contributed by atoms with Crippen molar-refractivity contribution in [1.29, 1.82) is 0 Å². The average Bonchev–Trinajstić information content (AvgIpc) is 2.34. The van der Waals surface area contributed by atoms with E-state index in [1.807, 2.05) is 0 Å². The van der Waals surface area contributed by atoms with Crippen molar-refractivity contribution in [3.8, 4) is 0 Å². The van der Waals surface area contributed by atoms with Crippen molar-refractivity contribution in [2.24, 2.45) is 0 Å². The molecule has 6 nitrogen and oxygen atoms in total. The number of esters is 1. The van der Waals surface area contributed by atoms with E-state index >= 15 is 0 Å². The molecule has 1 aromatic rings. The summed E-state index contributed by atoms with van der Waals surface area (Å²) in [6, 6.07) is 2.73. The van der Waals surface area contributed by atoms with Gasteiger partial charge in [0.1, 0.15) is 18.2 Å². The third-order valence-corrected chi connectivity index (χ3v) is 2.22. The van der Waals surface area contributed by atoms with Gasteiger partial charge < -0.3 is 14.8 Å². The summed E-state index contributed by atoms with van der Waals surface area (Å²) >= 11 is 0. The van der Waals surface area contributed by atoms with Crippen LogP contribution in [0.3, 0.4) is 0 Å². The molecule has 0 bridgehead atoms. The van der Waals surface area contributed by atoms with Crippen LogP contribution in [0.2, 0.25) is 0 Å². The molecule has 0 radical (unpaired) electrons. The van der Waals surface area contributed by atoms with E-state index in [9.17, 15) is 9.59 Å². The van der Waals surface area contributed by atoms with E-state index in [1.165, 1.54) is 0 Å². The number of carbonyl (C=O) groups excluding carboxylic acids is 2. The van der Waals surface area contributed by atoms with Gasteiger partial charge in [0.15, 0.2) is 0 Å². The maximum Gasteiger partial charge on any atom is 0.408 e. The molecule has 20 heavy (non-hydrogen) atoms. The summed E-state index contributed by atoms with van der Waals surface area (Å²) in [6.07, 6.45) is 2.59. The highest BCUT2D eigenvalue weighted by atomic mass is 16.6. The molecule has 0 saturated heterocycles. The minimum absolute atomic E-state index is 0.141. The van der Waals surface area contributed by atoms with Crippen LogP contribution in [-0.4, -0.2) is 28.7 Å². The number of ether oxygens (including phenoxy) is 2. The lowest BCUT2D eigenvalue weighted by Crippen LogP contribution is -2.42. The Balaban J connectivity index is 2.38. The van der Waals surface area contributed by atoms with E-state index in [4.69, 9.17) is 9.47 Å². The van der Waals surface area contributed by atoms with Crippen LogP contribution in [0.4, 0.5) is 4.79 Å². The Morgan fingerprint density at radius 1 is 1.30 bits per heavy atom. The van der Waals surface area contributed by atoms with Crippen LogP contribution in [-0.2, 0) is 20.9 Å². The molecule has 0 spiro atoms. The minimum Gasteiger partial charge on any atom is -0.459 e. The normalized spacial score (nSPS) is 12.4. The molecule has 0 fully saturated rings. The van der Waals surface area contributed by atoms with Gasteiger partial charge in [-0.15, -0.1) is 0 Å². The van der Waals surface area contributed by atoms with Crippen LogP contribution in [0.15, 0.2) is 24.5 Å². The molecule has 1 rings (SSSR count). The third-order valence-electron chi connectivity index (χ3n) is 2.22. The predicted octanol–water partition coefficient (Wildman–Crippen LogP) is 2.04. The average molecular weight is 280 g/mol. The second-order valence-corrected chi connectivity index (χ2v) is 5.33. The number of hydrogen-bond donors (Lipinski definition) is 1. The molecule has 1 N–H and O–H groups in total. The molecule has 0 saturated carbocycles. The number of carbonyl (C=O) groups is 2. The number of nitrogens with zero attached hydrogens (tertiary/aromatic N) is 1. The standard InChI is InChI=1S/C14H20N2O4/c1-10(16-13(18)20-14(2,3)4)12(17)19-9-11-5-7-15-8-6-11/h5-8,10H,9H2,1-4H3,(H,16,18)/t10-/m0/s1. The molecule has 0 aliphatic heterocycles. The maximum atomic E-state index is 11.7. The fourth-order valence-corrected chi connectivity index (χ4v) is 1.30. The molecule has 0 unspecified atom stereocenters. The summed E-state index contributed by atoms with van der Waals surface area (Å²) in [7, 11) is 0. The number of nitrogens with one attached hydrogen (secondary N) is 1. The summed E-state index contributed by atoms with van der Waals surface area (Å²) in [4.78, 5) is 27.1. The van der Waals surface area contributed by atoms with E-state index in [0.717, 1.165) is 5.56 Å². The number of amides is 1. The second kappa shape index (κ2) is 6.88. The van der Waals surface area contributed by atoms with Gasteiger partial charge in [-0.3, -0.25) is 4.98 Å². The first-order valence-electron chi connectivity index (χ1n) is 6.33. The number of rotatable bonds is 4. The Kier molecular flexibility index (Phi) is 5.49. The van der Waals surface area contributed by atoms with Gasteiger partial charge >= 0.3 is 12.1 Å². The first kappa shape index (κ1) is 15.9. The fraction of sp³-hybridized carbons (Fsp3) is 0.500. The monoisotopic (exact) mass is 280 g/mol. The van der Waals surface area contributed by atoms with Crippen LogP contribution in [0.25, 0.3) is 0 Å². The van der Waals surface area contributed by atoms with Crippen molar-refractivity contribution in [2.45, 2.75) is 45.9 Å². The van der Waals surface area contributed by atoms with E-state index in [-0.39, 0.29) is 6.61 Å². The van der Waals surface area contributed by atoms with Gasteiger partial charge in [0, 0.05) is 12.4 Å². The SMILES string of the molecule is C[C@H](NC(=O)OC(C)(C)C)C(=O)OCc1ccncc1. The van der Waals surface area contributed by atoms with Crippen molar-refractivity contribution in [3.63, 3.8) is 0 Å². The molecule has 1 amide bonds. The summed E-state index contributed by atoms with van der Waals surface area (Å²) < 4.78 is 10.1. The van der Waals surface area contributed by atoms with E-state index < -0.39 is 23.7 Å². The zero-order valence-electron chi connectivity index (χ0n) is 12.2. The van der Waals surface area contributed by atoms with E-state index in [0.29, 0.717) is 0 Å². The number of aromatic nitrogens is 1. The van der Waals surface area contributed by atoms with E-state index in [1.54, 1.807) is 52.2 Å². The summed E-state index contributed by atoms with van der Waals surface area (Å²) in [5.74, 6) is -0.521. The van der Waals surface area contributed by atoms with Crippen molar-refractivity contribution in [1.82, 2.24) is 10.3 Å². The Morgan fingerprint density at radius 3 is 2.45 bits per heavy atom. The molecular formula is C14H20N2O4. The summed E-state index contributed by atoms with van der Waals surface area (Å²) in [5.41, 5.74) is 0.225. The molecular weight excluding hydrogens is 260 g/mol. The molecule has 0 aliphatic rings. The first-order chi connectivity index (χ1) is 9.28. The minimum atomic E-state index is -0.772. The fourth-order valence-electron chi connectivity index (χ4n) is 1.30. The van der Waals surface area contributed by atoms with Crippen molar-refractivity contribution >= 4 is 12.1 Å². The van der Waals surface area contributed by atoms with Gasteiger partial charge in [-0.05, 0) is 45.4 Å². The Hall–Kier alpha value is -2.11. The zero-order valence-corrected chi connectivity index (χ0v) is 12.2. The van der Waals surface area contributed by atoms with Gasteiger partial charge in [0.2, 0.25) is 0 Å². The molecule has 0 aromatic carbocycles. The topological polar surface area (TPSA) is 77.5 Å². The van der Waals surface area contributed by atoms with Crippen molar-refractivity contribution < 1.29 is 19.1 Å². The highest BCUT2D eigenvalue weighted by molar-refractivity contribution is 5.81. The molecule has 6 heteroatoms. The van der Waals surface area contributed by atoms with E-state index in [2.05, 4.69) is 10.3 Å². The molecule has 0 aliphatic carbocycles. The molecule has 1 atom stereocenters. The highest BCUT2D eigenvalue weighted by Crippen LogP contribution is 2.07. The van der Waals surface area contributed by atoms with Gasteiger partial charge in [0.25, 0.3) is 0 Å². The number of alkyl carbamates (subject to hydrolysis) is 1. The quantitative estimate of drug-likeness (QED) is 0.854. The van der Waals surface area contributed by atoms with Crippen molar-refractivity contribution in [3.05, 3.63) is 30.1 Å². The lowest BCUT2D eigenvalue weighted by Gasteiger charge is -2.21. The maximum absolute atomic E-state index is 11.7.